The Morgan fingerprint density at radius 2 is 0.891 bits per heavy atom. The van der Waals surface area contributed by atoms with E-state index >= 15 is 0 Å². The average molecular weight is 601 g/mol. The van der Waals surface area contributed by atoms with Crippen LogP contribution < -0.4 is 11.3 Å². The van der Waals surface area contributed by atoms with Gasteiger partial charge in [0, 0.05) is 10.8 Å². The van der Waals surface area contributed by atoms with Gasteiger partial charge in [0.2, 0.25) is 0 Å². The molecule has 6 aromatic carbocycles. The van der Waals surface area contributed by atoms with E-state index in [-0.39, 0.29) is 11.3 Å². The molecule has 224 valence electrons. The third-order valence-corrected chi connectivity index (χ3v) is 9.13. The first-order chi connectivity index (χ1) is 22.5. The highest BCUT2D eigenvalue weighted by Crippen LogP contribution is 2.33. The molecule has 0 atom stereocenters. The molecular weight excluding hydrogens is 568 g/mol. The van der Waals surface area contributed by atoms with Gasteiger partial charge in [0.15, 0.2) is 0 Å². The van der Waals surface area contributed by atoms with Crippen molar-refractivity contribution in [3.63, 3.8) is 0 Å². The van der Waals surface area contributed by atoms with Crippen LogP contribution in [-0.4, -0.2) is 0 Å². The lowest BCUT2D eigenvalue weighted by molar-refractivity contribution is 0.563. The minimum Gasteiger partial charge on any atom is -0.422 e. The SMILES string of the molecule is CCCc1ccc2c(ccc3oc(=O)c(-c4ccc5ccc(-c6cc7c(ccc8cc(CCC)ccc87)oc6=O)cc5c4)cc32)c1. The fraction of sp³-hybridized carbons (Fsp3) is 0.143. The topological polar surface area (TPSA) is 60.4 Å². The van der Waals surface area contributed by atoms with E-state index in [9.17, 15) is 9.59 Å². The zero-order chi connectivity index (χ0) is 31.4. The molecule has 2 heterocycles. The number of fused-ring (bicyclic) bond motifs is 7. The van der Waals surface area contributed by atoms with Gasteiger partial charge in [-0.15, -0.1) is 0 Å². The van der Waals surface area contributed by atoms with E-state index in [4.69, 9.17) is 8.83 Å². The maximum absolute atomic E-state index is 13.2. The van der Waals surface area contributed by atoms with Crippen LogP contribution in [0.15, 0.2) is 128 Å². The number of rotatable bonds is 6. The maximum atomic E-state index is 13.2. The second-order valence-electron chi connectivity index (χ2n) is 12.2. The van der Waals surface area contributed by atoms with Gasteiger partial charge >= 0.3 is 11.3 Å². The van der Waals surface area contributed by atoms with E-state index in [1.807, 2.05) is 72.8 Å². The van der Waals surface area contributed by atoms with Gasteiger partial charge in [0.05, 0.1) is 11.1 Å². The highest BCUT2D eigenvalue weighted by molar-refractivity contribution is 6.08. The van der Waals surface area contributed by atoms with Gasteiger partial charge in [-0.05, 0) is 104 Å². The van der Waals surface area contributed by atoms with Crippen molar-refractivity contribution in [2.45, 2.75) is 39.5 Å². The van der Waals surface area contributed by atoms with Crippen molar-refractivity contribution in [2.24, 2.45) is 0 Å². The van der Waals surface area contributed by atoms with Crippen molar-refractivity contribution >= 4 is 54.3 Å². The second kappa shape index (κ2) is 11.1. The van der Waals surface area contributed by atoms with Gasteiger partial charge in [0.25, 0.3) is 0 Å². The minimum absolute atomic E-state index is 0.380. The lowest BCUT2D eigenvalue weighted by Gasteiger charge is -2.10. The molecule has 8 rings (SSSR count). The highest BCUT2D eigenvalue weighted by Gasteiger charge is 2.14. The van der Waals surface area contributed by atoms with Crippen LogP contribution in [0.5, 0.6) is 0 Å². The first kappa shape index (κ1) is 28.0. The minimum atomic E-state index is -0.380. The molecule has 0 unspecified atom stereocenters. The molecule has 0 radical (unpaired) electrons. The number of benzene rings is 6. The zero-order valence-electron chi connectivity index (χ0n) is 25.9. The summed E-state index contributed by atoms with van der Waals surface area (Å²) in [6.45, 7) is 4.36. The molecule has 0 aliphatic carbocycles. The third kappa shape index (κ3) is 4.78. The van der Waals surface area contributed by atoms with Gasteiger partial charge in [-0.2, -0.15) is 0 Å². The number of hydrogen-bond acceptors (Lipinski definition) is 4. The van der Waals surface area contributed by atoms with Gasteiger partial charge in [-0.3, -0.25) is 0 Å². The standard InChI is InChI=1S/C42H32O4/c1-3-5-25-7-15-33-28(19-25)13-17-39-37(33)23-35(41(43)45-39)30-11-9-27-10-12-31(22-32(27)21-30)36-24-38-34-16-8-26(6-4-2)20-29(34)14-18-40(38)46-42(36)44/h7-24H,3-6H2,1-2H3. The Bertz CT molecular complexity index is 2430. The van der Waals surface area contributed by atoms with Gasteiger partial charge in [-0.25, -0.2) is 9.59 Å². The van der Waals surface area contributed by atoms with Crippen molar-refractivity contribution in [3.8, 4) is 22.3 Å². The molecule has 0 saturated carbocycles. The molecule has 4 heteroatoms. The fourth-order valence-corrected chi connectivity index (χ4v) is 6.83. The van der Waals surface area contributed by atoms with Gasteiger partial charge in [0.1, 0.15) is 11.2 Å². The molecule has 0 saturated heterocycles. The lowest BCUT2D eigenvalue weighted by atomic mass is 9.96. The molecule has 0 spiro atoms. The highest BCUT2D eigenvalue weighted by atomic mass is 16.4. The summed E-state index contributed by atoms with van der Waals surface area (Å²) in [5.74, 6) is 0. The molecule has 46 heavy (non-hydrogen) atoms. The molecule has 4 nitrogen and oxygen atoms in total. The van der Waals surface area contributed by atoms with Crippen molar-refractivity contribution < 1.29 is 8.83 Å². The van der Waals surface area contributed by atoms with Crippen LogP contribution in [0, 0.1) is 0 Å². The average Bonchev–Trinajstić information content (AvgIpc) is 3.07. The van der Waals surface area contributed by atoms with Crippen molar-refractivity contribution in [1.29, 1.82) is 0 Å². The normalized spacial score (nSPS) is 11.8. The molecule has 0 aliphatic rings. The van der Waals surface area contributed by atoms with Crippen molar-refractivity contribution in [3.05, 3.63) is 141 Å². The quantitative estimate of drug-likeness (QED) is 0.141. The van der Waals surface area contributed by atoms with Crippen molar-refractivity contribution in [2.75, 3.05) is 0 Å². The largest absolute Gasteiger partial charge is 0.422 e. The molecule has 8 aromatic rings. The predicted molar refractivity (Wildman–Crippen MR) is 190 cm³/mol. The van der Waals surface area contributed by atoms with E-state index in [1.165, 1.54) is 11.1 Å². The lowest BCUT2D eigenvalue weighted by Crippen LogP contribution is -2.03. The summed E-state index contributed by atoms with van der Waals surface area (Å²) < 4.78 is 11.7. The van der Waals surface area contributed by atoms with Gasteiger partial charge in [-0.1, -0.05) is 99.5 Å². The molecular formula is C42H32O4. The summed E-state index contributed by atoms with van der Waals surface area (Å²) >= 11 is 0. The summed E-state index contributed by atoms with van der Waals surface area (Å²) in [5.41, 5.74) is 5.52. The van der Waals surface area contributed by atoms with E-state index in [2.05, 4.69) is 50.2 Å². The Balaban J connectivity index is 1.24. The Kier molecular flexibility index (Phi) is 6.79. The van der Waals surface area contributed by atoms with Crippen LogP contribution in [-0.2, 0) is 12.8 Å². The Morgan fingerprint density at radius 3 is 1.35 bits per heavy atom. The van der Waals surface area contributed by atoms with E-state index in [0.29, 0.717) is 22.3 Å². The molecule has 0 bridgehead atoms. The Morgan fingerprint density at radius 1 is 0.435 bits per heavy atom. The predicted octanol–water partition coefficient (Wildman–Crippen LogP) is 10.6. The summed E-state index contributed by atoms with van der Waals surface area (Å²) in [7, 11) is 0. The molecule has 2 aromatic heterocycles. The zero-order valence-corrected chi connectivity index (χ0v) is 25.9. The fourth-order valence-electron chi connectivity index (χ4n) is 6.83. The third-order valence-electron chi connectivity index (χ3n) is 9.13. The smallest absolute Gasteiger partial charge is 0.344 e. The number of aryl methyl sites for hydroxylation is 2. The van der Waals surface area contributed by atoms with Crippen LogP contribution in [0.2, 0.25) is 0 Å². The number of hydrogen-bond donors (Lipinski definition) is 0. The van der Waals surface area contributed by atoms with E-state index in [1.54, 1.807) is 0 Å². The Labute approximate surface area is 265 Å². The summed E-state index contributed by atoms with van der Waals surface area (Å²) in [6.07, 6.45) is 4.23. The summed E-state index contributed by atoms with van der Waals surface area (Å²) in [5, 5.41) is 8.11. The van der Waals surface area contributed by atoms with Crippen LogP contribution >= 0.6 is 0 Å². The van der Waals surface area contributed by atoms with Crippen LogP contribution in [0.4, 0.5) is 0 Å². The monoisotopic (exact) mass is 600 g/mol. The van der Waals surface area contributed by atoms with Crippen LogP contribution in [0.25, 0.3) is 76.5 Å². The summed E-state index contributed by atoms with van der Waals surface area (Å²) in [6, 6.07) is 36.6. The van der Waals surface area contributed by atoms with Crippen LogP contribution in [0.1, 0.15) is 37.8 Å². The van der Waals surface area contributed by atoms with E-state index < -0.39 is 0 Å². The molecule has 0 fully saturated rings. The molecule has 0 N–H and O–H groups in total. The molecule has 0 aliphatic heterocycles. The molecule has 0 amide bonds. The van der Waals surface area contributed by atoms with Crippen molar-refractivity contribution in [1.82, 2.24) is 0 Å². The Hall–Kier alpha value is -5.48. The van der Waals surface area contributed by atoms with Crippen LogP contribution in [0.3, 0.4) is 0 Å². The van der Waals surface area contributed by atoms with E-state index in [0.717, 1.165) is 79.9 Å². The maximum Gasteiger partial charge on any atom is 0.344 e. The summed E-state index contributed by atoms with van der Waals surface area (Å²) in [4.78, 5) is 26.5. The van der Waals surface area contributed by atoms with Gasteiger partial charge < -0.3 is 8.83 Å². The first-order valence-electron chi connectivity index (χ1n) is 16.0. The first-order valence-corrected chi connectivity index (χ1v) is 16.0. The second-order valence-corrected chi connectivity index (χ2v) is 12.2.